The zero-order valence-electron chi connectivity index (χ0n) is 15.8. The highest BCUT2D eigenvalue weighted by molar-refractivity contribution is 7.91. The molecule has 0 spiro atoms. The fourth-order valence-corrected chi connectivity index (χ4v) is 5.61. The summed E-state index contributed by atoms with van der Waals surface area (Å²) in [5, 5.41) is 4.45. The Hall–Kier alpha value is -2.73. The third kappa shape index (κ3) is 3.29. The lowest BCUT2D eigenvalue weighted by Gasteiger charge is -2.33. The van der Waals surface area contributed by atoms with E-state index in [4.69, 9.17) is 0 Å². The van der Waals surface area contributed by atoms with Crippen molar-refractivity contribution in [3.63, 3.8) is 0 Å². The number of hydrogen-bond acceptors (Lipinski definition) is 3. The molecule has 0 bridgehead atoms. The summed E-state index contributed by atoms with van der Waals surface area (Å²) in [5.41, 5.74) is 3.15. The van der Waals surface area contributed by atoms with Crippen molar-refractivity contribution in [3.8, 4) is 5.69 Å². The van der Waals surface area contributed by atoms with Gasteiger partial charge in [0.2, 0.25) is 0 Å². The molecule has 3 aromatic rings. The van der Waals surface area contributed by atoms with E-state index in [9.17, 15) is 12.8 Å². The molecule has 0 amide bonds. The van der Waals surface area contributed by atoms with Crippen molar-refractivity contribution in [2.75, 3.05) is 5.75 Å². The average Bonchev–Trinajstić information content (AvgIpc) is 3.05. The first-order valence-electron chi connectivity index (χ1n) is 9.08. The minimum atomic E-state index is -3.41. The summed E-state index contributed by atoms with van der Waals surface area (Å²) in [6, 6.07) is 14.7. The number of allylic oxidation sites excluding steroid dienone is 1. The van der Waals surface area contributed by atoms with Gasteiger partial charge in [0.1, 0.15) is 5.82 Å². The van der Waals surface area contributed by atoms with Crippen molar-refractivity contribution >= 4 is 15.9 Å². The third-order valence-electron chi connectivity index (χ3n) is 5.45. The Kier molecular flexibility index (Phi) is 4.46. The molecule has 0 N–H and O–H groups in total. The van der Waals surface area contributed by atoms with E-state index in [2.05, 4.69) is 5.10 Å². The van der Waals surface area contributed by atoms with Gasteiger partial charge in [-0.25, -0.2) is 17.5 Å². The molecule has 2 aromatic carbocycles. The molecule has 0 fully saturated rings. The molecular weight excluding hydrogens is 375 g/mol. The Bertz CT molecular complexity index is 1150. The number of aromatic nitrogens is 2. The number of nitrogens with zero attached hydrogens (tertiary/aromatic N) is 2. The van der Waals surface area contributed by atoms with Gasteiger partial charge in [0.15, 0.2) is 9.84 Å². The molecule has 0 saturated heterocycles. The molecule has 6 heteroatoms. The molecule has 144 valence electrons. The zero-order chi connectivity index (χ0) is 19.9. The highest BCUT2D eigenvalue weighted by Gasteiger charge is 2.37. The van der Waals surface area contributed by atoms with Crippen LogP contribution in [-0.4, -0.2) is 24.0 Å². The number of hydrogen-bond donors (Lipinski definition) is 0. The summed E-state index contributed by atoms with van der Waals surface area (Å²) in [6.07, 6.45) is 4.35. The van der Waals surface area contributed by atoms with Crippen molar-refractivity contribution in [2.24, 2.45) is 5.41 Å². The zero-order valence-corrected chi connectivity index (χ0v) is 16.6. The maximum atomic E-state index is 13.2. The molecule has 28 heavy (non-hydrogen) atoms. The number of rotatable bonds is 4. The first kappa shape index (κ1) is 18.6. The predicted octanol–water partition coefficient (Wildman–Crippen LogP) is 4.45. The van der Waals surface area contributed by atoms with E-state index in [1.54, 1.807) is 47.3 Å². The number of halogens is 1. The maximum Gasteiger partial charge on any atom is 0.179 e. The molecule has 1 aliphatic carbocycles. The van der Waals surface area contributed by atoms with E-state index in [-0.39, 0.29) is 11.6 Å². The second-order valence-corrected chi connectivity index (χ2v) is 9.57. The molecular formula is C22H21FN2O2S. The topological polar surface area (TPSA) is 52.0 Å². The summed E-state index contributed by atoms with van der Waals surface area (Å²) < 4.78 is 40.9. The monoisotopic (exact) mass is 396 g/mol. The molecule has 1 aromatic heterocycles. The highest BCUT2D eigenvalue weighted by Crippen LogP contribution is 2.40. The van der Waals surface area contributed by atoms with Gasteiger partial charge in [-0.15, -0.1) is 0 Å². The fraction of sp³-hybridized carbons (Fsp3) is 0.227. The van der Waals surface area contributed by atoms with Crippen LogP contribution in [0.2, 0.25) is 0 Å². The summed E-state index contributed by atoms with van der Waals surface area (Å²) in [6.45, 7) is 3.95. The predicted molar refractivity (Wildman–Crippen MR) is 107 cm³/mol. The van der Waals surface area contributed by atoms with Gasteiger partial charge >= 0.3 is 0 Å². The van der Waals surface area contributed by atoms with E-state index < -0.39 is 15.3 Å². The Morgan fingerprint density at radius 3 is 2.46 bits per heavy atom. The van der Waals surface area contributed by atoms with Crippen LogP contribution in [0.4, 0.5) is 4.39 Å². The van der Waals surface area contributed by atoms with E-state index in [1.807, 2.05) is 26.0 Å². The van der Waals surface area contributed by atoms with Crippen molar-refractivity contribution < 1.29 is 12.8 Å². The van der Waals surface area contributed by atoms with E-state index in [1.165, 1.54) is 12.1 Å². The van der Waals surface area contributed by atoms with Crippen molar-refractivity contribution in [1.29, 1.82) is 0 Å². The molecule has 1 aliphatic rings. The van der Waals surface area contributed by atoms with E-state index in [0.717, 1.165) is 22.5 Å². The van der Waals surface area contributed by atoms with Crippen LogP contribution >= 0.6 is 0 Å². The minimum absolute atomic E-state index is 0.0352. The Balaban J connectivity index is 1.68. The lowest BCUT2D eigenvalue weighted by Crippen LogP contribution is -2.33. The summed E-state index contributed by atoms with van der Waals surface area (Å²) >= 11 is 0. The van der Waals surface area contributed by atoms with Gasteiger partial charge in [-0.05, 0) is 61.4 Å². The van der Waals surface area contributed by atoms with Gasteiger partial charge < -0.3 is 0 Å². The van der Waals surface area contributed by atoms with Crippen LogP contribution < -0.4 is 0 Å². The van der Waals surface area contributed by atoms with Crippen molar-refractivity contribution in [2.45, 2.75) is 25.2 Å². The molecule has 0 aliphatic heterocycles. The number of benzene rings is 2. The van der Waals surface area contributed by atoms with E-state index >= 15 is 0 Å². The fourth-order valence-electron chi connectivity index (χ4n) is 3.70. The second-order valence-electron chi connectivity index (χ2n) is 7.58. The first-order valence-corrected chi connectivity index (χ1v) is 10.7. The van der Waals surface area contributed by atoms with Gasteiger partial charge in [0.05, 0.1) is 28.2 Å². The normalized spacial score (nSPS) is 19.2. The Labute approximate surface area is 164 Å². The molecule has 4 rings (SSSR count). The molecule has 1 atom stereocenters. The van der Waals surface area contributed by atoms with Crippen molar-refractivity contribution in [3.05, 3.63) is 83.4 Å². The number of fused-ring (bicyclic) bond motifs is 1. The van der Waals surface area contributed by atoms with Crippen LogP contribution in [0.3, 0.4) is 0 Å². The molecule has 0 saturated carbocycles. The van der Waals surface area contributed by atoms with Gasteiger partial charge in [-0.1, -0.05) is 30.7 Å². The summed E-state index contributed by atoms with van der Waals surface area (Å²) in [5.74, 6) is -0.261. The quantitative estimate of drug-likeness (QED) is 0.655. The summed E-state index contributed by atoms with van der Waals surface area (Å²) in [4.78, 5) is 0.344. The molecule has 0 radical (unpaired) electrons. The maximum absolute atomic E-state index is 13.2. The highest BCUT2D eigenvalue weighted by atomic mass is 32.2. The lowest BCUT2D eigenvalue weighted by atomic mass is 9.75. The Morgan fingerprint density at radius 1 is 1.11 bits per heavy atom. The largest absolute Gasteiger partial charge is 0.233 e. The standard InChI is InChI=1S/C22H21FN2O2S/c1-16-12-21-17(14-24-25(21)19-10-8-18(23)9-11-19)13-22(16,2)15-28(26,27)20-6-4-3-5-7-20/h3-12,14H,13,15H2,1-2H3. The lowest BCUT2D eigenvalue weighted by molar-refractivity contribution is 0.436. The van der Waals surface area contributed by atoms with Crippen LogP contribution in [0.5, 0.6) is 0 Å². The minimum Gasteiger partial charge on any atom is -0.233 e. The first-order chi connectivity index (χ1) is 13.3. The van der Waals surface area contributed by atoms with Gasteiger partial charge in [-0.2, -0.15) is 5.10 Å². The van der Waals surface area contributed by atoms with Crippen LogP contribution in [0, 0.1) is 11.2 Å². The second kappa shape index (κ2) is 6.71. The van der Waals surface area contributed by atoms with Crippen LogP contribution in [0.1, 0.15) is 25.1 Å². The molecule has 1 heterocycles. The summed E-state index contributed by atoms with van der Waals surface area (Å²) in [7, 11) is -3.41. The van der Waals surface area contributed by atoms with Gasteiger partial charge in [0.25, 0.3) is 0 Å². The van der Waals surface area contributed by atoms with Gasteiger partial charge in [0, 0.05) is 5.41 Å². The third-order valence-corrected chi connectivity index (χ3v) is 7.46. The van der Waals surface area contributed by atoms with Crippen molar-refractivity contribution in [1.82, 2.24) is 9.78 Å². The van der Waals surface area contributed by atoms with Gasteiger partial charge in [-0.3, -0.25) is 0 Å². The SMILES string of the molecule is CC1=Cc2c(cnn2-c2ccc(F)cc2)CC1(C)CS(=O)(=O)c1ccccc1. The van der Waals surface area contributed by atoms with Crippen LogP contribution in [-0.2, 0) is 16.3 Å². The Morgan fingerprint density at radius 2 is 1.79 bits per heavy atom. The molecule has 1 unspecified atom stereocenters. The average molecular weight is 396 g/mol. The van der Waals surface area contributed by atoms with Crippen LogP contribution in [0.15, 0.2) is 71.3 Å². The smallest absolute Gasteiger partial charge is 0.179 e. The number of sulfone groups is 1. The molecule has 4 nitrogen and oxygen atoms in total. The van der Waals surface area contributed by atoms with E-state index in [0.29, 0.717) is 11.3 Å². The van der Waals surface area contributed by atoms with Crippen LogP contribution in [0.25, 0.3) is 11.8 Å².